The van der Waals surface area contributed by atoms with Gasteiger partial charge >= 0.3 is 0 Å². The van der Waals surface area contributed by atoms with Gasteiger partial charge in [0, 0.05) is 17.2 Å². The number of carbonyl (C=O) groups is 1. The Morgan fingerprint density at radius 1 is 1.07 bits per heavy atom. The predicted octanol–water partition coefficient (Wildman–Crippen LogP) is 0.320. The highest BCUT2D eigenvalue weighted by atomic mass is 127. The number of anilines is 1. The van der Waals surface area contributed by atoms with E-state index in [-0.39, 0.29) is 41.4 Å². The quantitative estimate of drug-likeness (QED) is 0.250. The number of carbonyl (C=O) groups excluding carboxylic acids is 1. The van der Waals surface area contributed by atoms with Crippen LogP contribution in [0.3, 0.4) is 0 Å². The number of nitrogens with zero attached hydrogens (tertiary/aromatic N) is 3. The Balaban J connectivity index is 0.00000240. The summed E-state index contributed by atoms with van der Waals surface area (Å²) >= 11 is 0. The van der Waals surface area contributed by atoms with Gasteiger partial charge in [-0.1, -0.05) is 18.2 Å². The number of aromatic nitrogens is 3. The van der Waals surface area contributed by atoms with E-state index in [1.165, 1.54) is 23.0 Å². The maximum atomic E-state index is 13.1. The molecule has 0 spiro atoms. The molecule has 5 nitrogen and oxygen atoms in total. The standard InChI is InChI=1S/C22H17FN4O.HI/c1-26-11-3-6-17(14-26)15-4-2-5-16(12-15)21(28)20-13-25-27(22(20)24)19-9-7-18(23)8-10-19;/h2-14H,1H3,(H-,24,25,28);1H. The molecule has 0 radical (unpaired) electrons. The molecule has 2 aromatic carbocycles. The topological polar surface area (TPSA) is 64.8 Å². The number of hydrogen-bond acceptors (Lipinski definition) is 3. The Kier molecular flexibility index (Phi) is 6.07. The minimum atomic E-state index is -0.350. The number of nitrogens with two attached hydrogens (primary N) is 1. The van der Waals surface area contributed by atoms with E-state index in [1.807, 2.05) is 54.3 Å². The molecule has 0 bridgehead atoms. The van der Waals surface area contributed by atoms with Crippen molar-refractivity contribution >= 4 is 11.6 Å². The molecule has 0 aliphatic carbocycles. The van der Waals surface area contributed by atoms with Crippen LogP contribution in [0.25, 0.3) is 16.8 Å². The SMILES string of the molecule is C[n+]1cccc(-c2cccc(C(=O)c3cnn(-c4ccc(F)cc4)c3N)c2)c1.[I-]. The maximum absolute atomic E-state index is 13.1. The van der Waals surface area contributed by atoms with Crippen molar-refractivity contribution in [1.82, 2.24) is 9.78 Å². The third-order valence-electron chi connectivity index (χ3n) is 4.52. The van der Waals surface area contributed by atoms with Crippen molar-refractivity contribution in [2.45, 2.75) is 0 Å². The van der Waals surface area contributed by atoms with Crippen LogP contribution in [0, 0.1) is 5.82 Å². The Morgan fingerprint density at radius 3 is 2.52 bits per heavy atom. The van der Waals surface area contributed by atoms with Crippen molar-refractivity contribution in [3.8, 4) is 16.8 Å². The van der Waals surface area contributed by atoms with Gasteiger partial charge in [-0.05, 0) is 42.0 Å². The Morgan fingerprint density at radius 2 is 1.79 bits per heavy atom. The van der Waals surface area contributed by atoms with E-state index < -0.39 is 0 Å². The first-order valence-corrected chi connectivity index (χ1v) is 8.73. The zero-order valence-corrected chi connectivity index (χ0v) is 17.7. The molecule has 0 amide bonds. The molecule has 2 aromatic heterocycles. The molecule has 0 saturated carbocycles. The number of nitrogen functional groups attached to an aromatic ring is 1. The fourth-order valence-electron chi connectivity index (χ4n) is 3.08. The van der Waals surface area contributed by atoms with Crippen LogP contribution in [0.5, 0.6) is 0 Å². The second-order valence-electron chi connectivity index (χ2n) is 6.50. The van der Waals surface area contributed by atoms with Gasteiger partial charge in [0.05, 0.1) is 17.4 Å². The molecule has 2 heterocycles. The molecule has 2 N–H and O–H groups in total. The third kappa shape index (κ3) is 4.19. The lowest BCUT2D eigenvalue weighted by molar-refractivity contribution is -0.671. The summed E-state index contributed by atoms with van der Waals surface area (Å²) in [5, 5.41) is 4.20. The van der Waals surface area contributed by atoms with Gasteiger partial charge in [-0.25, -0.2) is 13.6 Å². The minimum absolute atomic E-state index is 0. The molecule has 0 aliphatic heterocycles. The van der Waals surface area contributed by atoms with E-state index in [4.69, 9.17) is 5.73 Å². The Bertz CT molecular complexity index is 1170. The summed E-state index contributed by atoms with van der Waals surface area (Å²) in [4.78, 5) is 13.0. The van der Waals surface area contributed by atoms with Gasteiger partial charge in [0.1, 0.15) is 18.7 Å². The fraction of sp³-hybridized carbons (Fsp3) is 0.0455. The van der Waals surface area contributed by atoms with Crippen molar-refractivity contribution in [3.05, 3.63) is 96.2 Å². The van der Waals surface area contributed by atoms with Gasteiger partial charge in [0.2, 0.25) is 0 Å². The van der Waals surface area contributed by atoms with Crippen molar-refractivity contribution in [2.75, 3.05) is 5.73 Å². The van der Waals surface area contributed by atoms with Crippen LogP contribution < -0.4 is 34.3 Å². The molecule has 0 fully saturated rings. The van der Waals surface area contributed by atoms with Crippen LogP contribution in [-0.4, -0.2) is 15.6 Å². The summed E-state index contributed by atoms with van der Waals surface area (Å²) in [6, 6.07) is 17.1. The van der Waals surface area contributed by atoms with E-state index in [0.717, 1.165) is 11.1 Å². The monoisotopic (exact) mass is 500 g/mol. The van der Waals surface area contributed by atoms with E-state index in [0.29, 0.717) is 16.8 Å². The molecule has 4 rings (SSSR count). The number of pyridine rings is 1. The molecule has 7 heteroatoms. The second kappa shape index (κ2) is 8.52. The molecule has 0 aliphatic rings. The molecule has 0 atom stereocenters. The molecular formula is C22H18FIN4O. The van der Waals surface area contributed by atoms with Crippen molar-refractivity contribution in [1.29, 1.82) is 0 Å². The van der Waals surface area contributed by atoms with Crippen molar-refractivity contribution in [3.63, 3.8) is 0 Å². The summed E-state index contributed by atoms with van der Waals surface area (Å²) < 4.78 is 16.5. The number of halogens is 2. The lowest BCUT2D eigenvalue weighted by Crippen LogP contribution is -3.00. The fourth-order valence-corrected chi connectivity index (χ4v) is 3.08. The van der Waals surface area contributed by atoms with E-state index in [1.54, 1.807) is 18.2 Å². The zero-order valence-electron chi connectivity index (χ0n) is 15.6. The van der Waals surface area contributed by atoms with Crippen LogP contribution >= 0.6 is 0 Å². The molecule has 29 heavy (non-hydrogen) atoms. The molecule has 4 aromatic rings. The van der Waals surface area contributed by atoms with Crippen LogP contribution in [0.2, 0.25) is 0 Å². The summed E-state index contributed by atoms with van der Waals surface area (Å²) in [7, 11) is 1.95. The Hall–Kier alpha value is -3.07. The normalized spacial score (nSPS) is 10.4. The highest BCUT2D eigenvalue weighted by molar-refractivity contribution is 6.12. The number of hydrogen-bond donors (Lipinski definition) is 1. The van der Waals surface area contributed by atoms with E-state index in [9.17, 15) is 9.18 Å². The van der Waals surface area contributed by atoms with Gasteiger partial charge in [-0.15, -0.1) is 0 Å². The van der Waals surface area contributed by atoms with Gasteiger partial charge in [-0.2, -0.15) is 5.10 Å². The lowest BCUT2D eigenvalue weighted by Gasteiger charge is -2.06. The first-order valence-electron chi connectivity index (χ1n) is 8.73. The minimum Gasteiger partial charge on any atom is -1.00 e. The van der Waals surface area contributed by atoms with Gasteiger partial charge in [0.15, 0.2) is 18.2 Å². The Labute approximate surface area is 184 Å². The van der Waals surface area contributed by atoms with Crippen LogP contribution in [0.15, 0.2) is 79.3 Å². The van der Waals surface area contributed by atoms with Gasteiger partial charge in [-0.3, -0.25) is 4.79 Å². The van der Waals surface area contributed by atoms with Crippen LogP contribution in [0.1, 0.15) is 15.9 Å². The molecule has 146 valence electrons. The number of benzene rings is 2. The predicted molar refractivity (Wildman–Crippen MR) is 104 cm³/mol. The summed E-state index contributed by atoms with van der Waals surface area (Å²) in [5.74, 6) is -0.349. The van der Waals surface area contributed by atoms with Gasteiger partial charge in [0.25, 0.3) is 0 Å². The van der Waals surface area contributed by atoms with Crippen molar-refractivity contribution < 1.29 is 37.7 Å². The first kappa shape index (κ1) is 20.7. The summed E-state index contributed by atoms with van der Waals surface area (Å²) in [6.45, 7) is 0. The number of aryl methyl sites for hydroxylation is 1. The smallest absolute Gasteiger partial charge is 0.198 e. The molecule has 0 unspecified atom stereocenters. The van der Waals surface area contributed by atoms with Crippen molar-refractivity contribution in [2.24, 2.45) is 7.05 Å². The maximum Gasteiger partial charge on any atom is 0.198 e. The number of rotatable bonds is 4. The van der Waals surface area contributed by atoms with Crippen LogP contribution in [-0.2, 0) is 7.05 Å². The molecule has 0 saturated heterocycles. The summed E-state index contributed by atoms with van der Waals surface area (Å²) in [6.07, 6.45) is 5.38. The van der Waals surface area contributed by atoms with E-state index >= 15 is 0 Å². The lowest BCUT2D eigenvalue weighted by atomic mass is 10.00. The highest BCUT2D eigenvalue weighted by Crippen LogP contribution is 2.24. The van der Waals surface area contributed by atoms with Gasteiger partial charge < -0.3 is 29.7 Å². The average Bonchev–Trinajstić information content (AvgIpc) is 3.09. The van der Waals surface area contributed by atoms with E-state index in [2.05, 4.69) is 5.10 Å². The highest BCUT2D eigenvalue weighted by Gasteiger charge is 2.18. The average molecular weight is 500 g/mol. The van der Waals surface area contributed by atoms with Crippen LogP contribution in [0.4, 0.5) is 10.2 Å². The molecular weight excluding hydrogens is 482 g/mol. The summed E-state index contributed by atoms with van der Waals surface area (Å²) in [5.41, 5.74) is 9.52. The second-order valence-corrected chi connectivity index (χ2v) is 6.50. The number of ketones is 1. The largest absolute Gasteiger partial charge is 1.00 e. The zero-order chi connectivity index (χ0) is 19.7. The third-order valence-corrected chi connectivity index (χ3v) is 4.52. The first-order chi connectivity index (χ1) is 13.5.